The maximum absolute atomic E-state index is 13.9. The highest BCUT2D eigenvalue weighted by Gasteiger charge is 2.33. The molecule has 1 aliphatic rings. The monoisotopic (exact) mass is 564 g/mol. The Labute approximate surface area is 244 Å². The van der Waals surface area contributed by atoms with E-state index >= 15 is 0 Å². The van der Waals surface area contributed by atoms with E-state index in [1.165, 1.54) is 19.2 Å². The maximum atomic E-state index is 13.9. The number of hydrogen-bond donors (Lipinski definition) is 0. The van der Waals surface area contributed by atoms with Crippen LogP contribution in [-0.2, 0) is 40.0 Å². The fraction of sp³-hybridized carbons (Fsp3) is 0.235. The number of carbonyl (C=O) groups excluding carboxylic acids is 2. The van der Waals surface area contributed by atoms with Crippen molar-refractivity contribution in [2.24, 2.45) is 0 Å². The highest BCUT2D eigenvalue weighted by molar-refractivity contribution is 5.80. The Balaban J connectivity index is 1.54. The number of carbonyl (C=O) groups is 2. The summed E-state index contributed by atoms with van der Waals surface area (Å²) in [7, 11) is 2.93. The highest BCUT2D eigenvalue weighted by Crippen LogP contribution is 2.39. The van der Waals surface area contributed by atoms with Crippen molar-refractivity contribution in [3.63, 3.8) is 0 Å². The van der Waals surface area contributed by atoms with E-state index in [2.05, 4.69) is 24.3 Å². The van der Waals surface area contributed by atoms with Crippen LogP contribution in [0.2, 0.25) is 0 Å². The fourth-order valence-corrected chi connectivity index (χ4v) is 5.67. The molecular weight excluding hydrogens is 532 g/mol. The summed E-state index contributed by atoms with van der Waals surface area (Å²) >= 11 is 0. The zero-order chi connectivity index (χ0) is 29.6. The molecule has 0 aliphatic carbocycles. The van der Waals surface area contributed by atoms with Crippen molar-refractivity contribution < 1.29 is 24.0 Å². The third kappa shape index (κ3) is 6.17. The van der Waals surface area contributed by atoms with Gasteiger partial charge < -0.3 is 14.4 Å². The molecule has 4 aromatic rings. The summed E-state index contributed by atoms with van der Waals surface area (Å²) in [6.07, 6.45) is 1.42. The van der Waals surface area contributed by atoms with E-state index in [9.17, 15) is 19.7 Å². The molecule has 0 bridgehead atoms. The number of benzene rings is 4. The average molecular weight is 565 g/mol. The minimum atomic E-state index is -0.449. The number of rotatable bonds is 9. The van der Waals surface area contributed by atoms with Crippen LogP contribution in [0.4, 0.5) is 5.69 Å². The SMILES string of the molecule is COC(=O)Cc1cc2c(cc1OC)C(Cc1ccccc1-c1ccccc1)N(C(=O)Cc1ccc([N+](=O)[O-])cc1)CC2. The first-order valence-electron chi connectivity index (χ1n) is 13.8. The summed E-state index contributed by atoms with van der Waals surface area (Å²) in [6, 6.07) is 28.2. The van der Waals surface area contributed by atoms with E-state index in [4.69, 9.17) is 9.47 Å². The lowest BCUT2D eigenvalue weighted by Crippen LogP contribution is -2.42. The predicted octanol–water partition coefficient (Wildman–Crippen LogP) is 5.90. The number of nitro benzene ring substituents is 1. The molecule has 42 heavy (non-hydrogen) atoms. The zero-order valence-corrected chi connectivity index (χ0v) is 23.6. The molecule has 1 unspecified atom stereocenters. The molecule has 0 N–H and O–H groups in total. The van der Waals surface area contributed by atoms with Crippen molar-refractivity contribution in [3.8, 4) is 16.9 Å². The Morgan fingerprint density at radius 3 is 2.31 bits per heavy atom. The van der Waals surface area contributed by atoms with E-state index < -0.39 is 4.92 Å². The molecule has 0 aromatic heterocycles. The molecule has 0 saturated carbocycles. The van der Waals surface area contributed by atoms with Crippen molar-refractivity contribution in [2.45, 2.75) is 31.7 Å². The van der Waals surface area contributed by atoms with Gasteiger partial charge in [0, 0.05) is 24.2 Å². The highest BCUT2D eigenvalue weighted by atomic mass is 16.6. The van der Waals surface area contributed by atoms with Crippen molar-refractivity contribution in [1.82, 2.24) is 4.90 Å². The van der Waals surface area contributed by atoms with Crippen LogP contribution in [0.3, 0.4) is 0 Å². The van der Waals surface area contributed by atoms with Crippen LogP contribution in [0.5, 0.6) is 5.75 Å². The lowest BCUT2D eigenvalue weighted by atomic mass is 9.85. The van der Waals surface area contributed by atoms with Crippen LogP contribution in [0.15, 0.2) is 91.0 Å². The molecule has 8 heteroatoms. The summed E-state index contributed by atoms with van der Waals surface area (Å²) < 4.78 is 10.6. The van der Waals surface area contributed by atoms with Gasteiger partial charge in [0.05, 0.1) is 38.0 Å². The molecule has 4 aromatic carbocycles. The first kappa shape index (κ1) is 28.5. The van der Waals surface area contributed by atoms with Gasteiger partial charge in [0.1, 0.15) is 5.75 Å². The fourth-order valence-electron chi connectivity index (χ4n) is 5.67. The maximum Gasteiger partial charge on any atom is 0.310 e. The number of fused-ring (bicyclic) bond motifs is 1. The van der Waals surface area contributed by atoms with E-state index in [1.54, 1.807) is 19.2 Å². The number of esters is 1. The molecule has 1 aliphatic heterocycles. The van der Waals surface area contributed by atoms with E-state index in [-0.39, 0.29) is 36.4 Å². The zero-order valence-electron chi connectivity index (χ0n) is 23.6. The summed E-state index contributed by atoms with van der Waals surface area (Å²) in [5, 5.41) is 11.1. The normalized spacial score (nSPS) is 14.1. The van der Waals surface area contributed by atoms with Crippen molar-refractivity contribution in [1.29, 1.82) is 0 Å². The molecule has 0 saturated heterocycles. The molecule has 0 fully saturated rings. The summed E-state index contributed by atoms with van der Waals surface area (Å²) in [6.45, 7) is 0.501. The van der Waals surface area contributed by atoms with Gasteiger partial charge in [-0.3, -0.25) is 19.7 Å². The third-order valence-corrected chi connectivity index (χ3v) is 7.80. The smallest absolute Gasteiger partial charge is 0.310 e. The number of non-ortho nitro benzene ring substituents is 1. The topological polar surface area (TPSA) is 99.0 Å². The van der Waals surface area contributed by atoms with Gasteiger partial charge in [-0.1, -0.05) is 72.8 Å². The number of ether oxygens (including phenoxy) is 2. The second-order valence-corrected chi connectivity index (χ2v) is 10.3. The van der Waals surface area contributed by atoms with Gasteiger partial charge in [-0.15, -0.1) is 0 Å². The predicted molar refractivity (Wildman–Crippen MR) is 159 cm³/mol. The number of nitro groups is 1. The Morgan fingerprint density at radius 1 is 0.905 bits per heavy atom. The minimum Gasteiger partial charge on any atom is -0.496 e. The lowest BCUT2D eigenvalue weighted by molar-refractivity contribution is -0.384. The van der Waals surface area contributed by atoms with Crippen molar-refractivity contribution in [3.05, 3.63) is 129 Å². The molecule has 5 rings (SSSR count). The van der Waals surface area contributed by atoms with Gasteiger partial charge in [-0.25, -0.2) is 0 Å². The summed E-state index contributed by atoms with van der Waals surface area (Å²) in [5.41, 5.74) is 6.79. The largest absolute Gasteiger partial charge is 0.496 e. The summed E-state index contributed by atoms with van der Waals surface area (Å²) in [5.74, 6) is 0.164. The molecule has 1 atom stereocenters. The standard InChI is InChI=1S/C34H32N2O6/c1-41-32-22-30-26(19-27(32)21-34(38)42-2)16-17-35(33(37)18-23-12-14-28(15-13-23)36(39)40)31(30)20-25-10-6-7-11-29(25)24-8-4-3-5-9-24/h3-15,19,22,31H,16-18,20-21H2,1-2H3. The molecule has 214 valence electrons. The van der Waals surface area contributed by atoms with E-state index in [0.717, 1.165) is 33.4 Å². The quantitative estimate of drug-likeness (QED) is 0.143. The number of hydrogen-bond acceptors (Lipinski definition) is 6. The second kappa shape index (κ2) is 12.7. The number of amides is 1. The van der Waals surface area contributed by atoms with Gasteiger partial charge in [0.2, 0.25) is 5.91 Å². The molecule has 1 heterocycles. The van der Waals surface area contributed by atoms with Crippen LogP contribution in [-0.4, -0.2) is 42.5 Å². The first-order valence-corrected chi connectivity index (χ1v) is 13.8. The van der Waals surface area contributed by atoms with Crippen molar-refractivity contribution >= 4 is 17.6 Å². The molecule has 8 nitrogen and oxygen atoms in total. The van der Waals surface area contributed by atoms with Crippen LogP contribution < -0.4 is 4.74 Å². The third-order valence-electron chi connectivity index (χ3n) is 7.80. The van der Waals surface area contributed by atoms with Gasteiger partial charge in [-0.05, 0) is 52.3 Å². The van der Waals surface area contributed by atoms with Gasteiger partial charge in [-0.2, -0.15) is 0 Å². The lowest BCUT2D eigenvalue weighted by Gasteiger charge is -2.38. The van der Waals surface area contributed by atoms with Crippen LogP contribution in [0, 0.1) is 10.1 Å². The molecule has 1 amide bonds. The molecule has 0 spiro atoms. The van der Waals surface area contributed by atoms with Gasteiger partial charge in [0.15, 0.2) is 0 Å². The van der Waals surface area contributed by atoms with E-state index in [0.29, 0.717) is 30.7 Å². The Morgan fingerprint density at radius 2 is 1.62 bits per heavy atom. The van der Waals surface area contributed by atoms with Crippen LogP contribution in [0.1, 0.15) is 33.9 Å². The minimum absolute atomic E-state index is 0.0108. The average Bonchev–Trinajstić information content (AvgIpc) is 3.01. The first-order chi connectivity index (χ1) is 20.4. The van der Waals surface area contributed by atoms with Gasteiger partial charge >= 0.3 is 5.97 Å². The van der Waals surface area contributed by atoms with E-state index in [1.807, 2.05) is 47.4 Å². The van der Waals surface area contributed by atoms with Crippen molar-refractivity contribution in [2.75, 3.05) is 20.8 Å². The molecular formula is C34H32N2O6. The Bertz CT molecular complexity index is 1600. The van der Waals surface area contributed by atoms with Crippen LogP contribution >= 0.6 is 0 Å². The Hall–Kier alpha value is -4.98. The Kier molecular flexibility index (Phi) is 8.62. The van der Waals surface area contributed by atoms with Gasteiger partial charge in [0.25, 0.3) is 5.69 Å². The number of nitrogens with zero attached hydrogens (tertiary/aromatic N) is 2. The van der Waals surface area contributed by atoms with Crippen LogP contribution in [0.25, 0.3) is 11.1 Å². The second-order valence-electron chi connectivity index (χ2n) is 10.3. The molecule has 0 radical (unpaired) electrons. The summed E-state index contributed by atoms with van der Waals surface area (Å²) in [4.78, 5) is 38.5. The number of methoxy groups -OCH3 is 2.